The molecule has 5 rings (SSSR count). The Labute approximate surface area is 173 Å². The van der Waals surface area contributed by atoms with Gasteiger partial charge < -0.3 is 15.0 Å². The summed E-state index contributed by atoms with van der Waals surface area (Å²) in [6, 6.07) is 10.5. The summed E-state index contributed by atoms with van der Waals surface area (Å²) in [5.74, 6) is 0.499. The molecule has 4 heterocycles. The summed E-state index contributed by atoms with van der Waals surface area (Å²) in [5, 5.41) is 13.7. The lowest BCUT2D eigenvalue weighted by Gasteiger charge is -2.28. The normalized spacial score (nSPS) is 14.2. The van der Waals surface area contributed by atoms with Gasteiger partial charge in [0.1, 0.15) is 6.07 Å². The first-order valence-electron chi connectivity index (χ1n) is 9.89. The summed E-state index contributed by atoms with van der Waals surface area (Å²) in [6.45, 7) is 7.16. The van der Waals surface area contributed by atoms with Gasteiger partial charge in [0.15, 0.2) is 11.3 Å². The number of ether oxygens (including phenoxy) is 1. The number of fused-ring (bicyclic) bond motifs is 3. The molecule has 0 radical (unpaired) electrons. The summed E-state index contributed by atoms with van der Waals surface area (Å²) in [7, 11) is 0. The van der Waals surface area contributed by atoms with E-state index in [-0.39, 0.29) is 0 Å². The van der Waals surface area contributed by atoms with Crippen LogP contribution in [0.15, 0.2) is 36.7 Å². The lowest BCUT2D eigenvalue weighted by Crippen LogP contribution is -2.36. The highest BCUT2D eigenvalue weighted by molar-refractivity contribution is 5.86. The van der Waals surface area contributed by atoms with Crippen LogP contribution < -0.4 is 10.2 Å². The van der Waals surface area contributed by atoms with Gasteiger partial charge in [0.25, 0.3) is 0 Å². The minimum atomic E-state index is 0.499. The first-order chi connectivity index (χ1) is 14.6. The molecule has 1 aliphatic rings. The van der Waals surface area contributed by atoms with Crippen molar-refractivity contribution in [1.82, 2.24) is 19.4 Å². The van der Waals surface area contributed by atoms with Crippen LogP contribution in [0.1, 0.15) is 16.8 Å². The molecule has 3 aromatic heterocycles. The van der Waals surface area contributed by atoms with Crippen LogP contribution in [-0.4, -0.2) is 45.7 Å². The van der Waals surface area contributed by atoms with E-state index in [0.717, 1.165) is 54.3 Å². The van der Waals surface area contributed by atoms with Crippen molar-refractivity contribution in [2.75, 3.05) is 36.5 Å². The fraction of sp³-hybridized carbons (Fsp3) is 0.273. The predicted octanol–water partition coefficient (Wildman–Crippen LogP) is 3.35. The largest absolute Gasteiger partial charge is 0.378 e. The fourth-order valence-electron chi connectivity index (χ4n) is 3.86. The van der Waals surface area contributed by atoms with Crippen molar-refractivity contribution in [3.8, 4) is 6.07 Å². The monoisotopic (exact) mass is 399 g/mol. The second kappa shape index (κ2) is 7.28. The molecule has 0 unspecified atom stereocenters. The highest BCUT2D eigenvalue weighted by Gasteiger charge is 2.16. The number of rotatable bonds is 3. The van der Waals surface area contributed by atoms with Crippen molar-refractivity contribution in [3.63, 3.8) is 0 Å². The Morgan fingerprint density at radius 2 is 1.83 bits per heavy atom. The van der Waals surface area contributed by atoms with Gasteiger partial charge in [0.2, 0.25) is 5.95 Å². The van der Waals surface area contributed by atoms with Gasteiger partial charge in [0.05, 0.1) is 24.5 Å². The molecule has 8 nitrogen and oxygen atoms in total. The maximum atomic E-state index is 9.58. The van der Waals surface area contributed by atoms with Crippen LogP contribution in [0.2, 0.25) is 0 Å². The number of imidazole rings is 1. The first kappa shape index (κ1) is 18.3. The molecule has 1 N–H and O–H groups in total. The van der Waals surface area contributed by atoms with Crippen LogP contribution in [0.5, 0.6) is 0 Å². The SMILES string of the molecule is Cc1cn2c(n1)c(C#N)c(C)c1cnc(Nc3ccc(N4CCOCC4)cc3)nc12. The molecule has 150 valence electrons. The molecule has 8 heteroatoms. The number of aromatic nitrogens is 4. The second-order valence-electron chi connectivity index (χ2n) is 7.39. The molecule has 0 amide bonds. The van der Waals surface area contributed by atoms with E-state index in [1.165, 1.54) is 5.69 Å². The van der Waals surface area contributed by atoms with Gasteiger partial charge in [-0.15, -0.1) is 0 Å². The Morgan fingerprint density at radius 3 is 2.57 bits per heavy atom. The first-order valence-corrected chi connectivity index (χ1v) is 9.89. The van der Waals surface area contributed by atoms with Crippen molar-refractivity contribution >= 4 is 34.0 Å². The van der Waals surface area contributed by atoms with Crippen molar-refractivity contribution < 1.29 is 4.74 Å². The molecular weight excluding hydrogens is 378 g/mol. The van der Waals surface area contributed by atoms with Crippen molar-refractivity contribution in [2.45, 2.75) is 13.8 Å². The van der Waals surface area contributed by atoms with Gasteiger partial charge >= 0.3 is 0 Å². The van der Waals surface area contributed by atoms with Gasteiger partial charge in [-0.1, -0.05) is 0 Å². The summed E-state index contributed by atoms with van der Waals surface area (Å²) in [6.07, 6.45) is 3.66. The van der Waals surface area contributed by atoms with Gasteiger partial charge in [0, 0.05) is 42.2 Å². The third kappa shape index (κ3) is 3.09. The van der Waals surface area contributed by atoms with Crippen LogP contribution in [0.3, 0.4) is 0 Å². The molecule has 4 aromatic rings. The summed E-state index contributed by atoms with van der Waals surface area (Å²) in [4.78, 5) is 16.0. The van der Waals surface area contributed by atoms with Crippen LogP contribution in [-0.2, 0) is 4.74 Å². The number of anilines is 3. The number of hydrogen-bond donors (Lipinski definition) is 1. The third-order valence-corrected chi connectivity index (χ3v) is 5.44. The van der Waals surface area contributed by atoms with Crippen LogP contribution in [0.25, 0.3) is 16.7 Å². The maximum absolute atomic E-state index is 9.58. The van der Waals surface area contributed by atoms with Crippen molar-refractivity contribution in [3.05, 3.63) is 53.5 Å². The molecule has 30 heavy (non-hydrogen) atoms. The third-order valence-electron chi connectivity index (χ3n) is 5.44. The van der Waals surface area contributed by atoms with Gasteiger partial charge in [-0.2, -0.15) is 10.2 Å². The summed E-state index contributed by atoms with van der Waals surface area (Å²) < 4.78 is 7.28. The van der Waals surface area contributed by atoms with Crippen LogP contribution in [0.4, 0.5) is 17.3 Å². The minimum absolute atomic E-state index is 0.499. The maximum Gasteiger partial charge on any atom is 0.229 e. The van der Waals surface area contributed by atoms with Crippen LogP contribution in [0, 0.1) is 25.2 Å². The van der Waals surface area contributed by atoms with Crippen molar-refractivity contribution in [1.29, 1.82) is 5.26 Å². The Balaban J connectivity index is 1.49. The molecule has 1 aromatic carbocycles. The quantitative estimate of drug-likeness (QED) is 0.565. The topological polar surface area (TPSA) is 91.4 Å². The number of nitriles is 1. The highest BCUT2D eigenvalue weighted by Crippen LogP contribution is 2.26. The number of nitrogens with one attached hydrogen (secondary N) is 1. The molecule has 0 spiro atoms. The molecule has 1 fully saturated rings. The number of nitrogens with zero attached hydrogens (tertiary/aromatic N) is 6. The summed E-state index contributed by atoms with van der Waals surface area (Å²) >= 11 is 0. The van der Waals surface area contributed by atoms with E-state index in [4.69, 9.17) is 9.72 Å². The van der Waals surface area contributed by atoms with Gasteiger partial charge in [-0.3, -0.25) is 4.40 Å². The zero-order valence-electron chi connectivity index (χ0n) is 16.9. The summed E-state index contributed by atoms with van der Waals surface area (Å²) in [5.41, 5.74) is 5.67. The molecule has 0 aliphatic carbocycles. The molecule has 0 bridgehead atoms. The number of pyridine rings is 1. The van der Waals surface area contributed by atoms with E-state index in [1.807, 2.05) is 36.6 Å². The smallest absolute Gasteiger partial charge is 0.229 e. The van der Waals surface area contributed by atoms with Crippen LogP contribution >= 0.6 is 0 Å². The van der Waals surface area contributed by atoms with E-state index in [9.17, 15) is 5.26 Å². The molecule has 1 saturated heterocycles. The van der Waals surface area contributed by atoms with Gasteiger partial charge in [-0.25, -0.2) is 9.97 Å². The standard InChI is InChI=1S/C22H21N7O/c1-14-13-29-20(25-14)18(11-23)15(2)19-12-24-22(27-21(19)29)26-16-3-5-17(6-4-16)28-7-9-30-10-8-28/h3-6,12-13H,7-10H2,1-2H3,(H,24,26,27). The number of aryl methyl sites for hydroxylation is 2. The average molecular weight is 399 g/mol. The van der Waals surface area contributed by atoms with E-state index in [2.05, 4.69) is 38.4 Å². The van der Waals surface area contributed by atoms with E-state index >= 15 is 0 Å². The Morgan fingerprint density at radius 1 is 1.07 bits per heavy atom. The lowest BCUT2D eigenvalue weighted by atomic mass is 10.1. The average Bonchev–Trinajstić information content (AvgIpc) is 3.17. The fourth-order valence-corrected chi connectivity index (χ4v) is 3.86. The minimum Gasteiger partial charge on any atom is -0.378 e. The van der Waals surface area contributed by atoms with E-state index < -0.39 is 0 Å². The Hall–Kier alpha value is -3.70. The second-order valence-corrected chi connectivity index (χ2v) is 7.39. The van der Waals surface area contributed by atoms with E-state index in [0.29, 0.717) is 17.2 Å². The Bertz CT molecular complexity index is 1280. The predicted molar refractivity (Wildman–Crippen MR) is 115 cm³/mol. The highest BCUT2D eigenvalue weighted by atomic mass is 16.5. The molecule has 1 aliphatic heterocycles. The molecular formula is C22H21N7O. The lowest BCUT2D eigenvalue weighted by molar-refractivity contribution is 0.122. The van der Waals surface area contributed by atoms with Crippen molar-refractivity contribution in [2.24, 2.45) is 0 Å². The zero-order valence-corrected chi connectivity index (χ0v) is 16.9. The number of benzene rings is 1. The van der Waals surface area contributed by atoms with E-state index in [1.54, 1.807) is 6.20 Å². The number of morpholine rings is 1. The molecule has 0 atom stereocenters. The molecule has 0 saturated carbocycles. The van der Waals surface area contributed by atoms with Gasteiger partial charge in [-0.05, 0) is 43.7 Å². The Kier molecular flexibility index (Phi) is 4.45. The number of hydrogen-bond acceptors (Lipinski definition) is 7. The zero-order chi connectivity index (χ0) is 20.7.